The summed E-state index contributed by atoms with van der Waals surface area (Å²) in [6.07, 6.45) is -1.33. The number of aromatic nitrogens is 2. The topological polar surface area (TPSA) is 94.7 Å². The van der Waals surface area contributed by atoms with Gasteiger partial charge in [-0.25, -0.2) is 0 Å². The number of amides is 1. The molecule has 1 fully saturated rings. The minimum atomic E-state index is -3.29. The van der Waals surface area contributed by atoms with Crippen molar-refractivity contribution >= 4 is 17.6 Å². The quantitative estimate of drug-likeness (QED) is 0.687. The number of aliphatic hydroxyl groups is 1. The molecule has 3 rings (SSSR count). The van der Waals surface area contributed by atoms with Gasteiger partial charge >= 0.3 is 11.9 Å². The summed E-state index contributed by atoms with van der Waals surface area (Å²) in [6.45, 7) is 9.09. The van der Waals surface area contributed by atoms with Crippen molar-refractivity contribution < 1.29 is 23.1 Å². The van der Waals surface area contributed by atoms with Crippen molar-refractivity contribution in [2.75, 3.05) is 31.5 Å². The number of benzene rings is 1. The van der Waals surface area contributed by atoms with E-state index in [0.717, 1.165) is 22.4 Å². The number of aliphatic hydroxyl groups excluding tert-OH is 1. The molecule has 10 heteroatoms. The number of rotatable bonds is 7. The summed E-state index contributed by atoms with van der Waals surface area (Å²) in [5, 5.41) is 20.4. The van der Waals surface area contributed by atoms with Gasteiger partial charge in [-0.2, -0.15) is 8.78 Å². The number of anilines is 2. The van der Waals surface area contributed by atoms with Crippen LogP contribution in [0.4, 0.5) is 20.5 Å². The lowest BCUT2D eigenvalue weighted by molar-refractivity contribution is -0.159. The number of carbonyl (C=O) groups excluding carboxylic acids is 1. The molecule has 1 atom stereocenters. The van der Waals surface area contributed by atoms with Gasteiger partial charge in [-0.05, 0) is 43.5 Å². The maximum Gasteiger partial charge on any atom is 0.324 e. The molecule has 1 aromatic heterocycles. The normalized spacial score (nSPS) is 16.4. The molecule has 2 aromatic rings. The smallest absolute Gasteiger partial charge is 0.324 e. The molecule has 1 amide bonds. The van der Waals surface area contributed by atoms with Crippen LogP contribution in [0.25, 0.3) is 0 Å². The van der Waals surface area contributed by atoms with Gasteiger partial charge in [-0.3, -0.25) is 9.69 Å². The predicted octanol–water partition coefficient (Wildman–Crippen LogP) is 3.17. The molecule has 1 unspecified atom stereocenters. The maximum absolute atomic E-state index is 13.7. The molecule has 1 aromatic carbocycles. The van der Waals surface area contributed by atoms with E-state index < -0.39 is 24.4 Å². The summed E-state index contributed by atoms with van der Waals surface area (Å²) in [7, 11) is 0. The Morgan fingerprint density at radius 3 is 2.52 bits per heavy atom. The second kappa shape index (κ2) is 9.27. The molecule has 0 bridgehead atoms. The molecule has 1 saturated heterocycles. The van der Waals surface area contributed by atoms with Gasteiger partial charge in [0.05, 0.1) is 0 Å². The second-order valence-electron chi connectivity index (χ2n) is 7.97. The average molecular weight is 437 g/mol. The Morgan fingerprint density at radius 1 is 1.26 bits per heavy atom. The number of aryl methyl sites for hydroxylation is 1. The zero-order valence-electron chi connectivity index (χ0n) is 18.3. The Bertz CT molecular complexity index is 924. The van der Waals surface area contributed by atoms with Crippen LogP contribution >= 0.6 is 0 Å². The van der Waals surface area contributed by atoms with Crippen LogP contribution in [0, 0.1) is 13.8 Å². The molecular weight excluding hydrogens is 408 g/mol. The third kappa shape index (κ3) is 5.37. The van der Waals surface area contributed by atoms with Gasteiger partial charge in [0.1, 0.15) is 6.10 Å². The molecule has 2 heterocycles. The van der Waals surface area contributed by atoms with Crippen molar-refractivity contribution in [3.8, 4) is 0 Å². The molecular formula is C21H29F2N5O3. The molecule has 2 N–H and O–H groups in total. The molecule has 170 valence electrons. The number of hydrogen-bond acceptors (Lipinski definition) is 7. The highest BCUT2D eigenvalue weighted by Crippen LogP contribution is 2.27. The van der Waals surface area contributed by atoms with Crippen LogP contribution in [0.3, 0.4) is 0 Å². The first-order valence-electron chi connectivity index (χ1n) is 10.4. The fraction of sp³-hybridized carbons (Fsp3) is 0.571. The Labute approximate surface area is 180 Å². The highest BCUT2D eigenvalue weighted by molar-refractivity contribution is 5.83. The third-order valence-corrected chi connectivity index (χ3v) is 5.51. The van der Waals surface area contributed by atoms with E-state index in [1.807, 2.05) is 19.9 Å². The molecule has 0 radical (unpaired) electrons. The van der Waals surface area contributed by atoms with Gasteiger partial charge in [-0.1, -0.05) is 18.1 Å². The summed E-state index contributed by atoms with van der Waals surface area (Å²) in [5.74, 6) is -4.24. The van der Waals surface area contributed by atoms with E-state index in [1.54, 1.807) is 6.92 Å². The van der Waals surface area contributed by atoms with Crippen molar-refractivity contribution in [3.05, 3.63) is 34.7 Å². The van der Waals surface area contributed by atoms with Crippen molar-refractivity contribution in [1.29, 1.82) is 0 Å². The number of alkyl halides is 2. The Balaban J connectivity index is 1.66. The zero-order chi connectivity index (χ0) is 22.8. The van der Waals surface area contributed by atoms with Crippen molar-refractivity contribution in [1.82, 2.24) is 20.0 Å². The molecule has 0 aliphatic carbocycles. The lowest BCUT2D eigenvalue weighted by Crippen LogP contribution is -2.52. The molecule has 31 heavy (non-hydrogen) atoms. The van der Waals surface area contributed by atoms with E-state index in [9.17, 15) is 18.7 Å². The number of hydrogen-bond donors (Lipinski definition) is 2. The lowest BCUT2D eigenvalue weighted by Gasteiger charge is -2.36. The van der Waals surface area contributed by atoms with E-state index in [0.29, 0.717) is 19.6 Å². The number of carbonyl (C=O) groups is 1. The van der Waals surface area contributed by atoms with Crippen molar-refractivity contribution in [2.45, 2.75) is 52.7 Å². The zero-order valence-corrected chi connectivity index (χ0v) is 18.3. The van der Waals surface area contributed by atoms with Crippen LogP contribution in [0.1, 0.15) is 49.0 Å². The standard InChI is InChI=1S/C21H29F2N5O3/c1-5-21(22,23)19(30)28-8-6-27(7-9-28)12-16-10-13(2)11-17(14(16)3)24-20-26-25-18(31-20)15(4)29/h10-11,15,29H,5-9,12H2,1-4H3,(H,24,26). The lowest BCUT2D eigenvalue weighted by atomic mass is 10.0. The van der Waals surface area contributed by atoms with E-state index >= 15 is 0 Å². The average Bonchev–Trinajstić information content (AvgIpc) is 3.20. The van der Waals surface area contributed by atoms with Gasteiger partial charge in [0.2, 0.25) is 5.89 Å². The van der Waals surface area contributed by atoms with Crippen LogP contribution in [0.2, 0.25) is 0 Å². The first kappa shape index (κ1) is 23.1. The first-order chi connectivity index (χ1) is 14.6. The number of piperazine rings is 1. The Morgan fingerprint density at radius 2 is 1.94 bits per heavy atom. The van der Waals surface area contributed by atoms with Gasteiger partial charge in [0.15, 0.2) is 0 Å². The SMILES string of the molecule is CCC(F)(F)C(=O)N1CCN(Cc2cc(C)cc(Nc3nnc(C(C)O)o3)c2C)CC1. The van der Waals surface area contributed by atoms with Crippen LogP contribution < -0.4 is 5.32 Å². The van der Waals surface area contributed by atoms with E-state index in [1.165, 1.54) is 11.8 Å². The van der Waals surface area contributed by atoms with Crippen LogP contribution in [-0.2, 0) is 11.3 Å². The highest BCUT2D eigenvalue weighted by atomic mass is 19.3. The van der Waals surface area contributed by atoms with Gasteiger partial charge in [-0.15, -0.1) is 5.10 Å². The summed E-state index contributed by atoms with van der Waals surface area (Å²) in [5.41, 5.74) is 3.93. The molecule has 1 aliphatic rings. The molecule has 0 saturated carbocycles. The molecule has 1 aliphatic heterocycles. The van der Waals surface area contributed by atoms with E-state index in [4.69, 9.17) is 4.42 Å². The predicted molar refractivity (Wildman–Crippen MR) is 111 cm³/mol. The molecule has 0 spiro atoms. The highest BCUT2D eigenvalue weighted by Gasteiger charge is 2.40. The van der Waals surface area contributed by atoms with Gasteiger partial charge in [0.25, 0.3) is 5.91 Å². The first-order valence-corrected chi connectivity index (χ1v) is 10.4. The van der Waals surface area contributed by atoms with E-state index in [-0.39, 0.29) is 25.0 Å². The summed E-state index contributed by atoms with van der Waals surface area (Å²) in [4.78, 5) is 15.4. The monoisotopic (exact) mass is 437 g/mol. The summed E-state index contributed by atoms with van der Waals surface area (Å²) >= 11 is 0. The number of halogens is 2. The fourth-order valence-electron chi connectivity index (χ4n) is 3.53. The third-order valence-electron chi connectivity index (χ3n) is 5.51. The largest absolute Gasteiger partial charge is 0.405 e. The maximum atomic E-state index is 13.7. The fourth-order valence-corrected chi connectivity index (χ4v) is 3.53. The van der Waals surface area contributed by atoms with Gasteiger partial charge in [0, 0.05) is 44.8 Å². The minimum Gasteiger partial charge on any atom is -0.405 e. The summed E-state index contributed by atoms with van der Waals surface area (Å²) in [6, 6.07) is 4.24. The van der Waals surface area contributed by atoms with Crippen molar-refractivity contribution in [3.63, 3.8) is 0 Å². The minimum absolute atomic E-state index is 0.133. The van der Waals surface area contributed by atoms with Gasteiger partial charge < -0.3 is 19.7 Å². The van der Waals surface area contributed by atoms with Crippen LogP contribution in [0.15, 0.2) is 16.5 Å². The summed E-state index contributed by atoms with van der Waals surface area (Å²) < 4.78 is 32.8. The second-order valence-corrected chi connectivity index (χ2v) is 7.97. The van der Waals surface area contributed by atoms with Crippen molar-refractivity contribution in [2.24, 2.45) is 0 Å². The van der Waals surface area contributed by atoms with Crippen LogP contribution in [0.5, 0.6) is 0 Å². The van der Waals surface area contributed by atoms with Crippen LogP contribution in [-0.4, -0.2) is 63.1 Å². The Kier molecular flexibility index (Phi) is 6.90. The number of nitrogens with zero attached hydrogens (tertiary/aromatic N) is 4. The number of nitrogens with one attached hydrogen (secondary N) is 1. The Hall–Kier alpha value is -2.59. The van der Waals surface area contributed by atoms with E-state index in [2.05, 4.69) is 26.5 Å². The molecule has 8 nitrogen and oxygen atoms in total.